The first-order chi connectivity index (χ1) is 19.4. The van der Waals surface area contributed by atoms with Crippen molar-refractivity contribution < 1.29 is 37.3 Å². The fourth-order valence-corrected chi connectivity index (χ4v) is 5.84. The highest BCUT2D eigenvalue weighted by Crippen LogP contribution is 2.41. The number of nitrogen functional groups attached to an aromatic ring is 2. The Morgan fingerprint density at radius 2 is 1.62 bits per heavy atom. The Kier molecular flexibility index (Phi) is 7.30. The topological polar surface area (TPSA) is 223 Å². The average Bonchev–Trinajstić information content (AvgIpc) is 3.72. The van der Waals surface area contributed by atoms with Gasteiger partial charge in [0, 0.05) is 13.5 Å². The Balaban J connectivity index is 1.10. The molecule has 1 unspecified atom stereocenters. The Bertz CT molecular complexity index is 1540. The van der Waals surface area contributed by atoms with E-state index < -0.39 is 57.9 Å². The van der Waals surface area contributed by atoms with Crippen molar-refractivity contribution in [3.05, 3.63) is 25.3 Å². The van der Waals surface area contributed by atoms with Crippen LogP contribution in [0.4, 0.5) is 16.0 Å². The summed E-state index contributed by atoms with van der Waals surface area (Å²) in [6, 6.07) is 0. The predicted octanol–water partition coefficient (Wildman–Crippen LogP) is 0.152. The monoisotopic (exact) mass is 580 g/mol. The standard InChI is InChI=1S/C21H26FN10O7P/c1-35-15-14(11(3-33)38-21(15)32-8-30-13-17(24)26-6-28-19(13)32)39-40(34)36-4-9-2-10(22)20(37-9)31-7-29-12-16(23)25-5-27-18(12)31/h5-11,14-15,20-21,33,40H,2-4H2,1H3,(H2,23,25,27)(H2,24,26,28)/t9-,10+,11+,14+,15+,20+,21+/m0/s1. The molecule has 8 atom stereocenters. The molecule has 0 amide bonds. The molecule has 0 aromatic carbocycles. The fourth-order valence-electron chi connectivity index (χ4n) is 4.94. The maximum Gasteiger partial charge on any atom is 0.319 e. The number of fused-ring (bicyclic) bond motifs is 2. The van der Waals surface area contributed by atoms with Gasteiger partial charge >= 0.3 is 8.25 Å². The van der Waals surface area contributed by atoms with Crippen molar-refractivity contribution in [1.82, 2.24) is 39.0 Å². The number of hydrogen-bond donors (Lipinski definition) is 3. The van der Waals surface area contributed by atoms with E-state index in [4.69, 9.17) is 34.7 Å². The predicted molar refractivity (Wildman–Crippen MR) is 135 cm³/mol. The molecule has 0 radical (unpaired) electrons. The largest absolute Gasteiger partial charge is 0.394 e. The first-order valence-corrected chi connectivity index (χ1v) is 13.4. The number of hydrogen-bond acceptors (Lipinski definition) is 15. The summed E-state index contributed by atoms with van der Waals surface area (Å²) in [6.07, 6.45) is -1.36. The Labute approximate surface area is 225 Å². The number of nitrogens with zero attached hydrogens (tertiary/aromatic N) is 8. The summed E-state index contributed by atoms with van der Waals surface area (Å²) in [4.78, 5) is 24.5. The lowest BCUT2D eigenvalue weighted by atomic mass is 10.1. The highest BCUT2D eigenvalue weighted by Gasteiger charge is 2.48. The van der Waals surface area contributed by atoms with Gasteiger partial charge in [0.15, 0.2) is 35.4 Å². The molecule has 6 rings (SSSR count). The number of halogens is 1. The molecule has 0 aliphatic carbocycles. The summed E-state index contributed by atoms with van der Waals surface area (Å²) in [7, 11) is -1.74. The number of aromatic nitrogens is 8. The van der Waals surface area contributed by atoms with Crippen LogP contribution in [0.2, 0.25) is 0 Å². The number of aliphatic hydroxyl groups excluding tert-OH is 1. The van der Waals surface area contributed by atoms with Crippen LogP contribution < -0.4 is 11.5 Å². The van der Waals surface area contributed by atoms with Crippen molar-refractivity contribution in [2.45, 2.75) is 49.5 Å². The molecule has 2 saturated heterocycles. The molecule has 0 saturated carbocycles. The number of methoxy groups -OCH3 is 1. The van der Waals surface area contributed by atoms with E-state index in [0.717, 1.165) is 0 Å². The summed E-state index contributed by atoms with van der Waals surface area (Å²) in [6.45, 7) is -0.664. The summed E-state index contributed by atoms with van der Waals surface area (Å²) in [5.41, 5.74) is 13.1. The Morgan fingerprint density at radius 1 is 1.00 bits per heavy atom. The van der Waals surface area contributed by atoms with Gasteiger partial charge < -0.3 is 39.8 Å². The smallest absolute Gasteiger partial charge is 0.319 e. The Hall–Kier alpha value is -3.38. The second kappa shape index (κ2) is 10.9. The van der Waals surface area contributed by atoms with Gasteiger partial charge in [-0.3, -0.25) is 13.7 Å². The van der Waals surface area contributed by atoms with Crippen LogP contribution in [-0.2, 0) is 27.8 Å². The van der Waals surface area contributed by atoms with E-state index >= 15 is 0 Å². The number of ether oxygens (including phenoxy) is 3. The quantitative estimate of drug-likeness (QED) is 0.224. The number of anilines is 2. The van der Waals surface area contributed by atoms with Gasteiger partial charge in [-0.05, 0) is 0 Å². The number of aliphatic hydroxyl groups is 1. The van der Waals surface area contributed by atoms with Crippen LogP contribution in [0.3, 0.4) is 0 Å². The van der Waals surface area contributed by atoms with E-state index in [9.17, 15) is 14.1 Å². The van der Waals surface area contributed by atoms with Gasteiger partial charge in [0.25, 0.3) is 0 Å². The third-order valence-corrected chi connectivity index (χ3v) is 7.68. The van der Waals surface area contributed by atoms with Gasteiger partial charge in [-0.25, -0.2) is 34.3 Å². The normalized spacial score (nSPS) is 29.5. The van der Waals surface area contributed by atoms with Crippen molar-refractivity contribution in [2.24, 2.45) is 0 Å². The molecular formula is C21H26FN10O7P. The van der Waals surface area contributed by atoms with Gasteiger partial charge in [0.1, 0.15) is 48.2 Å². The molecule has 0 bridgehead atoms. The third kappa shape index (κ3) is 4.66. The molecule has 17 nitrogen and oxygen atoms in total. The molecule has 0 spiro atoms. The fraction of sp³-hybridized carbons (Fsp3) is 0.524. The number of alkyl halides is 1. The maximum atomic E-state index is 14.9. The molecule has 214 valence electrons. The summed E-state index contributed by atoms with van der Waals surface area (Å²) in [5.74, 6) is 0.353. The highest BCUT2D eigenvalue weighted by atomic mass is 31.1. The summed E-state index contributed by atoms with van der Waals surface area (Å²) < 4.78 is 59.2. The van der Waals surface area contributed by atoms with E-state index in [1.54, 1.807) is 4.57 Å². The minimum Gasteiger partial charge on any atom is -0.394 e. The zero-order valence-electron chi connectivity index (χ0n) is 21.0. The SMILES string of the molecule is CO[C@@H]1[C@H](O[PH](=O)OC[C@@H]2C[C@@H](F)[C@H](n3cnc4c(N)ncnc43)O2)[C@@H](CO)O[C@H]1n1cnc2c(N)ncnc21. The second-order valence-electron chi connectivity index (χ2n) is 9.16. The van der Waals surface area contributed by atoms with E-state index in [1.165, 1.54) is 37.0 Å². The van der Waals surface area contributed by atoms with Crippen LogP contribution in [0.25, 0.3) is 22.3 Å². The third-order valence-electron chi connectivity index (χ3n) is 6.81. The van der Waals surface area contributed by atoms with Crippen LogP contribution >= 0.6 is 8.25 Å². The van der Waals surface area contributed by atoms with E-state index in [0.29, 0.717) is 22.3 Å². The molecule has 2 fully saturated rings. The van der Waals surface area contributed by atoms with Gasteiger partial charge in [0.2, 0.25) is 0 Å². The van der Waals surface area contributed by atoms with Crippen LogP contribution in [0, 0.1) is 0 Å². The molecule has 40 heavy (non-hydrogen) atoms. The van der Waals surface area contributed by atoms with Crippen LogP contribution in [0.1, 0.15) is 18.9 Å². The van der Waals surface area contributed by atoms with Crippen molar-refractivity contribution in [2.75, 3.05) is 31.8 Å². The highest BCUT2D eigenvalue weighted by molar-refractivity contribution is 7.33. The minimum absolute atomic E-state index is 0.0205. The molecule has 2 aliphatic heterocycles. The van der Waals surface area contributed by atoms with Crippen molar-refractivity contribution in [1.29, 1.82) is 0 Å². The van der Waals surface area contributed by atoms with Crippen molar-refractivity contribution >= 4 is 42.2 Å². The van der Waals surface area contributed by atoms with Gasteiger partial charge in [-0.2, -0.15) is 0 Å². The number of nitrogens with two attached hydrogens (primary N) is 2. The van der Waals surface area contributed by atoms with E-state index in [-0.39, 0.29) is 24.7 Å². The zero-order chi connectivity index (χ0) is 28.0. The van der Waals surface area contributed by atoms with Crippen LogP contribution in [-0.4, -0.2) is 95.1 Å². The van der Waals surface area contributed by atoms with Crippen molar-refractivity contribution in [3.63, 3.8) is 0 Å². The summed E-state index contributed by atoms with van der Waals surface area (Å²) >= 11 is 0. The lowest BCUT2D eigenvalue weighted by Gasteiger charge is -2.23. The van der Waals surface area contributed by atoms with Gasteiger partial charge in [-0.15, -0.1) is 0 Å². The second-order valence-corrected chi connectivity index (χ2v) is 10.2. The molecular weight excluding hydrogens is 554 g/mol. The minimum atomic E-state index is -3.16. The van der Waals surface area contributed by atoms with E-state index in [2.05, 4.69) is 29.9 Å². The zero-order valence-corrected chi connectivity index (χ0v) is 22.0. The summed E-state index contributed by atoms with van der Waals surface area (Å²) in [5, 5.41) is 9.93. The van der Waals surface area contributed by atoms with Gasteiger partial charge in [-0.1, -0.05) is 0 Å². The first-order valence-electron chi connectivity index (χ1n) is 12.2. The molecule has 5 N–H and O–H groups in total. The van der Waals surface area contributed by atoms with Crippen LogP contribution in [0.5, 0.6) is 0 Å². The van der Waals surface area contributed by atoms with Gasteiger partial charge in [0.05, 0.1) is 32.0 Å². The average molecular weight is 580 g/mol. The molecule has 6 heterocycles. The van der Waals surface area contributed by atoms with Crippen molar-refractivity contribution in [3.8, 4) is 0 Å². The first kappa shape index (κ1) is 26.8. The lowest BCUT2D eigenvalue weighted by molar-refractivity contribution is -0.0583. The maximum absolute atomic E-state index is 14.9. The number of imidazole rings is 2. The Morgan fingerprint density at radius 3 is 2.23 bits per heavy atom. The lowest BCUT2D eigenvalue weighted by Crippen LogP contribution is -2.36. The molecule has 19 heteroatoms. The number of rotatable bonds is 9. The van der Waals surface area contributed by atoms with E-state index in [1.807, 2.05) is 0 Å². The molecule has 4 aromatic heterocycles. The molecule has 4 aromatic rings. The molecule has 2 aliphatic rings. The van der Waals surface area contributed by atoms with Crippen LogP contribution in [0.15, 0.2) is 25.3 Å².